The second-order valence-corrected chi connectivity index (χ2v) is 4.03. The van der Waals surface area contributed by atoms with E-state index in [-0.39, 0.29) is 11.1 Å². The van der Waals surface area contributed by atoms with Crippen LogP contribution >= 0.6 is 38.5 Å². The summed E-state index contributed by atoms with van der Waals surface area (Å²) in [4.78, 5) is 3.84. The fraction of sp³-hybridized carbons (Fsp3) is 0.250. The largest absolute Gasteiger partial charge is 0.266 e. The van der Waals surface area contributed by atoms with Crippen LogP contribution in [0.1, 0.15) is 23.2 Å². The van der Waals surface area contributed by atoms with Gasteiger partial charge >= 0.3 is 0 Å². The van der Waals surface area contributed by atoms with E-state index in [1.165, 1.54) is 0 Å². The van der Waals surface area contributed by atoms with Gasteiger partial charge in [0.1, 0.15) is 6.07 Å². The lowest BCUT2D eigenvalue weighted by Crippen LogP contribution is -2.00. The summed E-state index contributed by atoms with van der Waals surface area (Å²) in [5, 5.41) is 9.18. The van der Waals surface area contributed by atoms with Crippen molar-refractivity contribution in [1.29, 1.82) is 5.26 Å². The van der Waals surface area contributed by atoms with Crippen LogP contribution in [0.2, 0.25) is 0 Å². The van der Waals surface area contributed by atoms with E-state index < -0.39 is 6.43 Å². The fourth-order valence-electron chi connectivity index (χ4n) is 0.912. The van der Waals surface area contributed by atoms with Crippen LogP contribution in [0.3, 0.4) is 0 Å². The van der Waals surface area contributed by atoms with Gasteiger partial charge in [0.25, 0.3) is 6.43 Å². The molecule has 6 heteroatoms. The Hall–Kier alpha value is -0.290. The minimum Gasteiger partial charge on any atom is -0.259 e. The number of hydrogen-bond acceptors (Lipinski definition) is 2. The molecule has 0 bridgehead atoms. The first-order chi connectivity index (χ1) is 6.61. The summed E-state index contributed by atoms with van der Waals surface area (Å²) in [6.07, 6.45) is -1.60. The van der Waals surface area contributed by atoms with Crippen molar-refractivity contribution in [2.75, 3.05) is 0 Å². The molecular formula is C8H4BrF2IN2. The number of aromatic nitrogens is 1. The van der Waals surface area contributed by atoms with Gasteiger partial charge in [-0.05, 0) is 22.6 Å². The minimum atomic E-state index is -2.66. The Labute approximate surface area is 102 Å². The summed E-state index contributed by atoms with van der Waals surface area (Å²) in [7, 11) is 0. The molecule has 0 aliphatic carbocycles. The molecule has 0 saturated carbocycles. The Morgan fingerprint density at radius 3 is 2.71 bits per heavy atom. The van der Waals surface area contributed by atoms with Gasteiger partial charge in [-0.1, -0.05) is 15.9 Å². The van der Waals surface area contributed by atoms with Crippen LogP contribution < -0.4 is 0 Å². The Balaban J connectivity index is 3.38. The Morgan fingerprint density at radius 1 is 1.64 bits per heavy atom. The summed E-state index contributed by atoms with van der Waals surface area (Å²) in [6, 6.07) is 1.77. The third kappa shape index (κ3) is 2.20. The molecule has 74 valence electrons. The molecular weight excluding hydrogens is 369 g/mol. The number of hydrogen-bond donors (Lipinski definition) is 0. The highest BCUT2D eigenvalue weighted by molar-refractivity contribution is 14.1. The zero-order chi connectivity index (χ0) is 10.7. The molecule has 0 aliphatic heterocycles. The van der Waals surface area contributed by atoms with Crippen molar-refractivity contribution in [3.05, 3.63) is 26.6 Å². The molecule has 1 aromatic rings. The predicted octanol–water partition coefficient (Wildman–Crippen LogP) is 3.39. The van der Waals surface area contributed by atoms with Gasteiger partial charge in [0.15, 0.2) is 0 Å². The average Bonchev–Trinajstić information content (AvgIpc) is 2.17. The van der Waals surface area contributed by atoms with Crippen LogP contribution in [0.15, 0.2) is 6.20 Å². The molecule has 0 amide bonds. The fourth-order valence-corrected chi connectivity index (χ4v) is 2.62. The van der Waals surface area contributed by atoms with Crippen molar-refractivity contribution in [1.82, 2.24) is 4.98 Å². The maximum Gasteiger partial charge on any atom is 0.266 e. The summed E-state index contributed by atoms with van der Waals surface area (Å²) in [6.45, 7) is 0. The van der Waals surface area contributed by atoms with Crippen LogP contribution in [0.4, 0.5) is 8.78 Å². The lowest BCUT2D eigenvalue weighted by Gasteiger charge is -2.06. The molecule has 0 unspecified atom stereocenters. The highest BCUT2D eigenvalue weighted by Gasteiger charge is 2.18. The maximum absolute atomic E-state index is 12.4. The van der Waals surface area contributed by atoms with Gasteiger partial charge in [0.05, 0.1) is 20.4 Å². The molecule has 1 heterocycles. The van der Waals surface area contributed by atoms with E-state index in [0.29, 0.717) is 14.6 Å². The molecule has 0 radical (unpaired) electrons. The quantitative estimate of drug-likeness (QED) is 0.589. The summed E-state index contributed by atoms with van der Waals surface area (Å²) < 4.78 is 25.3. The van der Waals surface area contributed by atoms with Crippen LogP contribution in [0, 0.1) is 14.9 Å². The summed E-state index contributed by atoms with van der Waals surface area (Å²) in [5.41, 5.74) is 0.318. The molecule has 0 spiro atoms. The maximum atomic E-state index is 12.4. The van der Waals surface area contributed by atoms with E-state index in [1.54, 1.807) is 6.07 Å². The molecule has 0 fully saturated rings. The molecule has 2 nitrogen and oxygen atoms in total. The third-order valence-corrected chi connectivity index (χ3v) is 3.29. The average molecular weight is 373 g/mol. The molecule has 1 rings (SSSR count). The van der Waals surface area contributed by atoms with E-state index in [2.05, 4.69) is 20.9 Å². The molecule has 0 saturated heterocycles. The lowest BCUT2D eigenvalue weighted by molar-refractivity contribution is 0.150. The van der Waals surface area contributed by atoms with E-state index in [4.69, 9.17) is 5.26 Å². The highest BCUT2D eigenvalue weighted by Crippen LogP contribution is 2.27. The number of pyridine rings is 1. The summed E-state index contributed by atoms with van der Waals surface area (Å²) >= 11 is 5.02. The van der Waals surface area contributed by atoms with E-state index in [0.717, 1.165) is 6.20 Å². The van der Waals surface area contributed by atoms with Crippen molar-refractivity contribution in [2.24, 2.45) is 0 Å². The normalized spacial score (nSPS) is 10.3. The molecule has 0 aromatic carbocycles. The number of rotatable bonds is 2. The Kier molecular flexibility index (Phi) is 4.19. The number of nitrogens with zero attached hydrogens (tertiary/aromatic N) is 2. The van der Waals surface area contributed by atoms with E-state index >= 15 is 0 Å². The molecule has 1 aromatic heterocycles. The Morgan fingerprint density at radius 2 is 2.29 bits per heavy atom. The minimum absolute atomic E-state index is 0.0186. The van der Waals surface area contributed by atoms with Gasteiger partial charge in [-0.15, -0.1) is 0 Å². The predicted molar refractivity (Wildman–Crippen MR) is 59.3 cm³/mol. The SMILES string of the molecule is N#Cc1c(C(F)F)cnc(CBr)c1I. The van der Waals surface area contributed by atoms with Gasteiger partial charge < -0.3 is 0 Å². The van der Waals surface area contributed by atoms with Gasteiger partial charge in [-0.3, -0.25) is 4.98 Å². The standard InChI is InChI=1S/C8H4BrF2IN2/c9-1-6-7(12)4(2-13)5(3-14-6)8(10)11/h3,8H,1H2. The van der Waals surface area contributed by atoms with Gasteiger partial charge in [0.2, 0.25) is 0 Å². The highest BCUT2D eigenvalue weighted by atomic mass is 127. The van der Waals surface area contributed by atoms with Gasteiger partial charge in [0, 0.05) is 11.5 Å². The van der Waals surface area contributed by atoms with E-state index in [9.17, 15) is 8.78 Å². The zero-order valence-electron chi connectivity index (χ0n) is 6.77. The lowest BCUT2D eigenvalue weighted by atomic mass is 10.1. The van der Waals surface area contributed by atoms with Gasteiger partial charge in [-0.2, -0.15) is 5.26 Å². The van der Waals surface area contributed by atoms with Crippen molar-refractivity contribution < 1.29 is 8.78 Å². The molecule has 0 aliphatic rings. The second-order valence-electron chi connectivity index (χ2n) is 2.40. The van der Waals surface area contributed by atoms with Crippen molar-refractivity contribution in [3.8, 4) is 6.07 Å². The smallest absolute Gasteiger partial charge is 0.259 e. The van der Waals surface area contributed by atoms with Crippen LogP contribution in [0.5, 0.6) is 0 Å². The molecule has 0 N–H and O–H groups in total. The number of halogens is 4. The molecule has 14 heavy (non-hydrogen) atoms. The number of nitriles is 1. The van der Waals surface area contributed by atoms with Crippen LogP contribution in [-0.4, -0.2) is 4.98 Å². The Bertz CT molecular complexity index is 390. The first-order valence-corrected chi connectivity index (χ1v) is 5.73. The van der Waals surface area contributed by atoms with Gasteiger partial charge in [-0.25, -0.2) is 8.78 Å². The first kappa shape index (κ1) is 11.8. The van der Waals surface area contributed by atoms with Crippen molar-refractivity contribution >= 4 is 38.5 Å². The number of alkyl halides is 3. The van der Waals surface area contributed by atoms with Crippen LogP contribution in [-0.2, 0) is 5.33 Å². The zero-order valence-corrected chi connectivity index (χ0v) is 10.5. The third-order valence-electron chi connectivity index (χ3n) is 1.59. The van der Waals surface area contributed by atoms with E-state index in [1.807, 2.05) is 22.6 Å². The molecule has 0 atom stereocenters. The monoisotopic (exact) mass is 372 g/mol. The van der Waals surface area contributed by atoms with Crippen molar-refractivity contribution in [2.45, 2.75) is 11.8 Å². The topological polar surface area (TPSA) is 36.7 Å². The van der Waals surface area contributed by atoms with Crippen LogP contribution in [0.25, 0.3) is 0 Å². The summed E-state index contributed by atoms with van der Waals surface area (Å²) in [5.74, 6) is 0. The van der Waals surface area contributed by atoms with Crippen molar-refractivity contribution in [3.63, 3.8) is 0 Å². The first-order valence-electron chi connectivity index (χ1n) is 3.53. The second kappa shape index (κ2) is 4.98.